The Labute approximate surface area is 179 Å². The van der Waals surface area contributed by atoms with E-state index in [-0.39, 0.29) is 36.3 Å². The first-order valence-electron chi connectivity index (χ1n) is 10.9. The normalized spacial score (nSPS) is 20.9. The van der Waals surface area contributed by atoms with Gasteiger partial charge in [-0.15, -0.1) is 0 Å². The number of hydrogen-bond donors (Lipinski definition) is 0. The highest BCUT2D eigenvalue weighted by Crippen LogP contribution is 2.25. The molecule has 0 aromatic heterocycles. The van der Waals surface area contributed by atoms with E-state index in [2.05, 4.69) is 0 Å². The van der Waals surface area contributed by atoms with Gasteiger partial charge >= 0.3 is 6.09 Å². The summed E-state index contributed by atoms with van der Waals surface area (Å²) in [5.74, 6) is 0.113. The van der Waals surface area contributed by atoms with Crippen molar-refractivity contribution >= 4 is 12.0 Å². The van der Waals surface area contributed by atoms with Gasteiger partial charge in [0.2, 0.25) is 5.91 Å². The van der Waals surface area contributed by atoms with Gasteiger partial charge in [0, 0.05) is 32.7 Å². The van der Waals surface area contributed by atoms with E-state index in [0.29, 0.717) is 13.1 Å². The Morgan fingerprint density at radius 3 is 2.37 bits per heavy atom. The molecular weight excluding hydrogens is 382 g/mol. The second-order valence-electron chi connectivity index (χ2n) is 9.21. The third kappa shape index (κ3) is 5.95. The molecule has 2 amide bonds. The number of ether oxygens (including phenoxy) is 1. The summed E-state index contributed by atoms with van der Waals surface area (Å²) in [6, 6.07) is 9.59. The quantitative estimate of drug-likeness (QED) is 0.734. The summed E-state index contributed by atoms with van der Waals surface area (Å²) in [6.07, 6.45) is 3.02. The minimum Gasteiger partial charge on any atom is -0.445 e. The molecule has 30 heavy (non-hydrogen) atoms. The SMILES string of the molecule is CN(C(=O)[C@@H]1CCCN1OC(C)(C)C)C1CCN(C(=O)OCc2ccccc2)CC1. The van der Waals surface area contributed by atoms with Crippen LogP contribution >= 0.6 is 0 Å². The predicted molar refractivity (Wildman–Crippen MR) is 115 cm³/mol. The van der Waals surface area contributed by atoms with Gasteiger partial charge in [-0.2, -0.15) is 5.06 Å². The molecule has 2 heterocycles. The molecule has 2 aliphatic rings. The van der Waals surface area contributed by atoms with Gasteiger partial charge in [0.15, 0.2) is 0 Å². The summed E-state index contributed by atoms with van der Waals surface area (Å²) in [7, 11) is 1.88. The summed E-state index contributed by atoms with van der Waals surface area (Å²) < 4.78 is 5.44. The molecule has 0 aliphatic carbocycles. The lowest BCUT2D eigenvalue weighted by Gasteiger charge is -2.38. The minimum absolute atomic E-state index is 0.113. The molecule has 2 aliphatic heterocycles. The summed E-state index contributed by atoms with van der Waals surface area (Å²) in [6.45, 7) is 8.28. The molecule has 0 radical (unpaired) electrons. The number of rotatable bonds is 5. The summed E-state index contributed by atoms with van der Waals surface area (Å²) in [5, 5.41) is 1.86. The fourth-order valence-electron chi connectivity index (χ4n) is 4.11. The van der Waals surface area contributed by atoms with Gasteiger partial charge in [-0.05, 0) is 52.0 Å². The van der Waals surface area contributed by atoms with Crippen LogP contribution < -0.4 is 0 Å². The maximum absolute atomic E-state index is 13.1. The Hall–Kier alpha value is -2.12. The molecule has 1 aromatic rings. The molecule has 0 N–H and O–H groups in total. The summed E-state index contributed by atoms with van der Waals surface area (Å²) in [5.41, 5.74) is 0.664. The lowest BCUT2D eigenvalue weighted by molar-refractivity contribution is -0.236. The van der Waals surface area contributed by atoms with Gasteiger partial charge < -0.3 is 14.5 Å². The standard InChI is InChI=1S/C23H35N3O4/c1-23(2,3)30-26-14-8-11-20(26)21(27)24(4)19-12-15-25(16-13-19)22(28)29-17-18-9-6-5-7-10-18/h5-7,9-10,19-20H,8,11-17H2,1-4H3/t20-/m0/s1. The van der Waals surface area contributed by atoms with Crippen LogP contribution in [0.5, 0.6) is 0 Å². The zero-order chi connectivity index (χ0) is 21.7. The van der Waals surface area contributed by atoms with Crippen molar-refractivity contribution in [1.29, 1.82) is 0 Å². The van der Waals surface area contributed by atoms with Crippen LogP contribution in [0.25, 0.3) is 0 Å². The summed E-state index contributed by atoms with van der Waals surface area (Å²) >= 11 is 0. The third-order valence-electron chi connectivity index (χ3n) is 5.70. The minimum atomic E-state index is -0.313. The Morgan fingerprint density at radius 1 is 1.07 bits per heavy atom. The molecule has 7 nitrogen and oxygen atoms in total. The molecule has 2 saturated heterocycles. The Balaban J connectivity index is 1.47. The van der Waals surface area contributed by atoms with Crippen LogP contribution in [0.2, 0.25) is 0 Å². The van der Waals surface area contributed by atoms with Gasteiger partial charge in [-0.1, -0.05) is 30.3 Å². The number of hydroxylamine groups is 2. The molecule has 0 bridgehead atoms. The van der Waals surface area contributed by atoms with Crippen molar-refractivity contribution in [3.8, 4) is 0 Å². The molecule has 3 rings (SSSR count). The number of hydrogen-bond acceptors (Lipinski definition) is 5. The number of piperidine rings is 1. The maximum Gasteiger partial charge on any atom is 0.410 e. The van der Waals surface area contributed by atoms with E-state index in [1.165, 1.54) is 0 Å². The average Bonchev–Trinajstić information content (AvgIpc) is 3.18. The number of carbonyl (C=O) groups excluding carboxylic acids is 2. The number of nitrogens with zero attached hydrogens (tertiary/aromatic N) is 3. The number of carbonyl (C=O) groups is 2. The van der Waals surface area contributed by atoms with Gasteiger partial charge in [0.25, 0.3) is 0 Å². The first kappa shape index (κ1) is 22.6. The van der Waals surface area contributed by atoms with Gasteiger partial charge in [-0.3, -0.25) is 9.63 Å². The first-order chi connectivity index (χ1) is 14.2. The second-order valence-corrected chi connectivity index (χ2v) is 9.21. The van der Waals surface area contributed by atoms with Crippen molar-refractivity contribution in [3.63, 3.8) is 0 Å². The average molecular weight is 418 g/mol. The molecule has 7 heteroatoms. The van der Waals surface area contributed by atoms with Crippen LogP contribution in [0.15, 0.2) is 30.3 Å². The lowest BCUT2D eigenvalue weighted by atomic mass is 10.0. The molecule has 0 spiro atoms. The second kappa shape index (κ2) is 9.79. The zero-order valence-corrected chi connectivity index (χ0v) is 18.7. The molecule has 0 saturated carbocycles. The van der Waals surface area contributed by atoms with Gasteiger partial charge in [-0.25, -0.2) is 4.79 Å². The Morgan fingerprint density at radius 2 is 1.73 bits per heavy atom. The van der Waals surface area contributed by atoms with Crippen LogP contribution in [0, 0.1) is 0 Å². The van der Waals surface area contributed by atoms with E-state index in [0.717, 1.165) is 37.8 Å². The smallest absolute Gasteiger partial charge is 0.410 e. The number of likely N-dealkylation sites (N-methyl/N-ethyl adjacent to an activating group) is 1. The summed E-state index contributed by atoms with van der Waals surface area (Å²) in [4.78, 5) is 35.1. The zero-order valence-electron chi connectivity index (χ0n) is 18.7. The van der Waals surface area contributed by atoms with E-state index in [1.54, 1.807) is 4.90 Å². The van der Waals surface area contributed by atoms with Crippen LogP contribution in [0.1, 0.15) is 52.0 Å². The number of amides is 2. The highest BCUT2D eigenvalue weighted by Gasteiger charge is 2.38. The van der Waals surface area contributed by atoms with Crippen LogP contribution in [0.3, 0.4) is 0 Å². The molecule has 1 aromatic carbocycles. The van der Waals surface area contributed by atoms with Crippen LogP contribution in [-0.2, 0) is 21.0 Å². The van der Waals surface area contributed by atoms with Crippen molar-refractivity contribution in [3.05, 3.63) is 35.9 Å². The van der Waals surface area contributed by atoms with Crippen molar-refractivity contribution in [1.82, 2.24) is 14.9 Å². The van der Waals surface area contributed by atoms with E-state index in [1.807, 2.05) is 68.1 Å². The maximum atomic E-state index is 13.1. The fraction of sp³-hybridized carbons (Fsp3) is 0.652. The molecular formula is C23H35N3O4. The Bertz CT molecular complexity index is 711. The van der Waals surface area contributed by atoms with Crippen molar-refractivity contribution in [2.24, 2.45) is 0 Å². The first-order valence-corrected chi connectivity index (χ1v) is 10.9. The lowest BCUT2D eigenvalue weighted by Crippen LogP contribution is -2.52. The van der Waals surface area contributed by atoms with Gasteiger partial charge in [0.1, 0.15) is 12.6 Å². The fourth-order valence-corrected chi connectivity index (χ4v) is 4.11. The molecule has 166 valence electrons. The number of likely N-dealkylation sites (tertiary alicyclic amines) is 1. The third-order valence-corrected chi connectivity index (χ3v) is 5.70. The largest absolute Gasteiger partial charge is 0.445 e. The monoisotopic (exact) mass is 417 g/mol. The topological polar surface area (TPSA) is 62.3 Å². The Kier molecular flexibility index (Phi) is 7.36. The molecule has 0 unspecified atom stereocenters. The van der Waals surface area contributed by atoms with E-state index < -0.39 is 0 Å². The van der Waals surface area contributed by atoms with E-state index >= 15 is 0 Å². The highest BCUT2D eigenvalue weighted by atomic mass is 16.7. The van der Waals surface area contributed by atoms with E-state index in [9.17, 15) is 9.59 Å². The predicted octanol–water partition coefficient (Wildman–Crippen LogP) is 3.44. The van der Waals surface area contributed by atoms with Crippen molar-refractivity contribution in [2.75, 3.05) is 26.7 Å². The van der Waals surface area contributed by atoms with Gasteiger partial charge in [0.05, 0.1) is 5.60 Å². The van der Waals surface area contributed by atoms with Crippen LogP contribution in [-0.4, -0.2) is 71.2 Å². The highest BCUT2D eigenvalue weighted by molar-refractivity contribution is 5.82. The van der Waals surface area contributed by atoms with Crippen molar-refractivity contribution < 1.29 is 19.2 Å². The van der Waals surface area contributed by atoms with E-state index in [4.69, 9.17) is 9.57 Å². The number of benzene rings is 1. The molecule has 2 fully saturated rings. The van der Waals surface area contributed by atoms with Crippen LogP contribution in [0.4, 0.5) is 4.79 Å². The van der Waals surface area contributed by atoms with Crippen molar-refractivity contribution in [2.45, 2.75) is 70.7 Å². The molecule has 1 atom stereocenters.